The summed E-state index contributed by atoms with van der Waals surface area (Å²) < 4.78 is 5.12. The number of nitrogens with zero attached hydrogens (tertiary/aromatic N) is 1. The number of benzene rings is 1. The van der Waals surface area contributed by atoms with Crippen molar-refractivity contribution in [1.82, 2.24) is 10.5 Å². The molecule has 0 aliphatic carbocycles. The first-order chi connectivity index (χ1) is 11.1. The zero-order chi connectivity index (χ0) is 18.1. The summed E-state index contributed by atoms with van der Waals surface area (Å²) in [5.74, 6) is -1.24. The van der Waals surface area contributed by atoms with E-state index >= 15 is 0 Å². The fourth-order valence-corrected chi connectivity index (χ4v) is 2.58. The van der Waals surface area contributed by atoms with E-state index in [4.69, 9.17) is 32.8 Å². The fourth-order valence-electron chi connectivity index (χ4n) is 2.00. The quantitative estimate of drug-likeness (QED) is 0.834. The fraction of sp³-hybridized carbons (Fsp3) is 0.312. The molecular formula is C16H16Cl2N2O4. The first-order valence-corrected chi connectivity index (χ1v) is 7.83. The number of carbonyl (C=O) groups excluding carboxylic acids is 1. The van der Waals surface area contributed by atoms with Crippen LogP contribution in [0.4, 0.5) is 0 Å². The van der Waals surface area contributed by atoms with Crippen molar-refractivity contribution in [2.75, 3.05) is 6.54 Å². The normalized spacial score (nSPS) is 11.4. The lowest BCUT2D eigenvalue weighted by Crippen LogP contribution is -2.39. The Balaban J connectivity index is 2.37. The molecule has 0 saturated carbocycles. The molecule has 24 heavy (non-hydrogen) atoms. The van der Waals surface area contributed by atoms with Gasteiger partial charge in [0.2, 0.25) is 0 Å². The molecule has 1 heterocycles. The number of halogens is 2. The molecule has 0 fully saturated rings. The maximum Gasteiger partial charge on any atom is 0.310 e. The maximum absolute atomic E-state index is 12.5. The first kappa shape index (κ1) is 18.3. The van der Waals surface area contributed by atoms with Gasteiger partial charge >= 0.3 is 5.97 Å². The van der Waals surface area contributed by atoms with Crippen molar-refractivity contribution in [3.63, 3.8) is 0 Å². The first-order valence-electron chi connectivity index (χ1n) is 7.07. The number of aromatic nitrogens is 1. The molecule has 6 nitrogen and oxygen atoms in total. The van der Waals surface area contributed by atoms with Crippen LogP contribution in [0.1, 0.15) is 30.0 Å². The van der Waals surface area contributed by atoms with Gasteiger partial charge in [0.1, 0.15) is 17.0 Å². The van der Waals surface area contributed by atoms with Gasteiger partial charge < -0.3 is 14.9 Å². The van der Waals surface area contributed by atoms with E-state index < -0.39 is 17.3 Å². The summed E-state index contributed by atoms with van der Waals surface area (Å²) in [7, 11) is 0. The summed E-state index contributed by atoms with van der Waals surface area (Å²) in [6, 6.07) is 4.93. The van der Waals surface area contributed by atoms with Crippen LogP contribution >= 0.6 is 23.2 Å². The highest BCUT2D eigenvalue weighted by atomic mass is 35.5. The number of nitrogens with one attached hydrogen (secondary N) is 1. The number of carboxylic acid groups (broad SMARTS) is 1. The SMILES string of the molecule is Cc1onc(-c2c(Cl)cccc2Cl)c1C(=O)NCC(C)(C)C(=O)O. The zero-order valence-corrected chi connectivity index (χ0v) is 14.8. The molecule has 0 saturated heterocycles. The van der Waals surface area contributed by atoms with E-state index in [0.29, 0.717) is 15.6 Å². The van der Waals surface area contributed by atoms with Gasteiger partial charge in [-0.3, -0.25) is 9.59 Å². The number of aryl methyl sites for hydroxylation is 1. The van der Waals surface area contributed by atoms with Crippen LogP contribution in [-0.4, -0.2) is 28.7 Å². The minimum Gasteiger partial charge on any atom is -0.481 e. The van der Waals surface area contributed by atoms with E-state index in [1.165, 1.54) is 13.8 Å². The van der Waals surface area contributed by atoms with Crippen LogP contribution in [0.15, 0.2) is 22.7 Å². The molecule has 2 N–H and O–H groups in total. The summed E-state index contributed by atoms with van der Waals surface area (Å²) in [5.41, 5.74) is -0.330. The average molecular weight is 371 g/mol. The lowest BCUT2D eigenvalue weighted by atomic mass is 9.93. The third-order valence-electron chi connectivity index (χ3n) is 3.56. The third kappa shape index (κ3) is 3.55. The van der Waals surface area contributed by atoms with Crippen molar-refractivity contribution in [2.45, 2.75) is 20.8 Å². The Labute approximate surface area is 148 Å². The van der Waals surface area contributed by atoms with E-state index in [2.05, 4.69) is 10.5 Å². The monoisotopic (exact) mass is 370 g/mol. The number of hydrogen-bond acceptors (Lipinski definition) is 4. The Hall–Kier alpha value is -2.05. The Morgan fingerprint density at radius 1 is 1.29 bits per heavy atom. The number of carboxylic acids is 1. The standard InChI is InChI=1S/C16H16Cl2N2O4/c1-8-11(14(21)19-7-16(2,3)15(22)23)13(20-24-8)12-9(17)5-4-6-10(12)18/h4-6H,7H2,1-3H3,(H,19,21)(H,22,23). The Morgan fingerprint density at radius 3 is 2.42 bits per heavy atom. The van der Waals surface area contributed by atoms with E-state index in [1.807, 2.05) is 0 Å². The maximum atomic E-state index is 12.5. The lowest BCUT2D eigenvalue weighted by molar-refractivity contribution is -0.146. The second-order valence-corrected chi connectivity index (χ2v) is 6.75. The van der Waals surface area contributed by atoms with E-state index in [-0.39, 0.29) is 23.6 Å². The van der Waals surface area contributed by atoms with Crippen molar-refractivity contribution in [2.24, 2.45) is 5.41 Å². The van der Waals surface area contributed by atoms with E-state index in [9.17, 15) is 9.59 Å². The van der Waals surface area contributed by atoms with Crippen LogP contribution in [0.25, 0.3) is 11.3 Å². The van der Waals surface area contributed by atoms with Crippen molar-refractivity contribution in [1.29, 1.82) is 0 Å². The van der Waals surface area contributed by atoms with Gasteiger partial charge in [0.25, 0.3) is 5.91 Å². The number of carbonyl (C=O) groups is 2. The number of hydrogen-bond donors (Lipinski definition) is 2. The molecule has 0 bridgehead atoms. The topological polar surface area (TPSA) is 92.4 Å². The molecule has 2 rings (SSSR count). The highest BCUT2D eigenvalue weighted by molar-refractivity contribution is 6.39. The Kier molecular flexibility index (Phi) is 5.20. The molecule has 0 atom stereocenters. The largest absolute Gasteiger partial charge is 0.481 e. The number of amides is 1. The van der Waals surface area contributed by atoms with Crippen LogP contribution in [0.3, 0.4) is 0 Å². The van der Waals surface area contributed by atoms with Crippen molar-refractivity contribution in [3.05, 3.63) is 39.6 Å². The predicted octanol–water partition coefficient (Wildman–Crippen LogP) is 3.80. The summed E-state index contributed by atoms with van der Waals surface area (Å²) in [6.45, 7) is 4.56. The van der Waals surface area contributed by atoms with E-state index in [1.54, 1.807) is 25.1 Å². The molecule has 0 spiro atoms. The summed E-state index contributed by atoms with van der Waals surface area (Å²) in [6.07, 6.45) is 0. The predicted molar refractivity (Wildman–Crippen MR) is 90.4 cm³/mol. The van der Waals surface area contributed by atoms with Crippen LogP contribution in [0, 0.1) is 12.3 Å². The summed E-state index contributed by atoms with van der Waals surface area (Å²) in [4.78, 5) is 23.7. The second kappa shape index (κ2) is 6.83. The van der Waals surface area contributed by atoms with Gasteiger partial charge in [-0.15, -0.1) is 0 Å². The van der Waals surface area contributed by atoms with Gasteiger partial charge in [-0.2, -0.15) is 0 Å². The summed E-state index contributed by atoms with van der Waals surface area (Å²) in [5, 5.41) is 16.3. The zero-order valence-electron chi connectivity index (χ0n) is 13.3. The van der Waals surface area contributed by atoms with Crippen molar-refractivity contribution in [3.8, 4) is 11.3 Å². The lowest BCUT2D eigenvalue weighted by Gasteiger charge is -2.19. The molecule has 128 valence electrons. The molecular weight excluding hydrogens is 355 g/mol. The molecule has 2 aromatic rings. The second-order valence-electron chi connectivity index (χ2n) is 5.93. The minimum atomic E-state index is -1.11. The third-order valence-corrected chi connectivity index (χ3v) is 4.19. The summed E-state index contributed by atoms with van der Waals surface area (Å²) >= 11 is 12.3. The molecule has 8 heteroatoms. The number of rotatable bonds is 5. The van der Waals surface area contributed by atoms with Crippen molar-refractivity contribution < 1.29 is 19.2 Å². The molecule has 0 radical (unpaired) electrons. The van der Waals surface area contributed by atoms with Gasteiger partial charge in [0.15, 0.2) is 0 Å². The van der Waals surface area contributed by atoms with Crippen LogP contribution < -0.4 is 5.32 Å². The molecule has 1 aromatic carbocycles. The van der Waals surface area contributed by atoms with Gasteiger partial charge in [-0.1, -0.05) is 34.4 Å². The van der Waals surface area contributed by atoms with Gasteiger partial charge in [-0.25, -0.2) is 0 Å². The molecule has 1 aromatic heterocycles. The number of aliphatic carboxylic acids is 1. The Bertz CT molecular complexity index is 779. The Morgan fingerprint density at radius 2 is 1.88 bits per heavy atom. The highest BCUT2D eigenvalue weighted by Crippen LogP contribution is 2.36. The van der Waals surface area contributed by atoms with Gasteiger partial charge in [0.05, 0.1) is 15.5 Å². The van der Waals surface area contributed by atoms with Crippen LogP contribution in [0.2, 0.25) is 10.0 Å². The minimum absolute atomic E-state index is 0.0541. The van der Waals surface area contributed by atoms with Gasteiger partial charge in [0, 0.05) is 12.1 Å². The van der Waals surface area contributed by atoms with Crippen LogP contribution in [0.5, 0.6) is 0 Å². The molecule has 0 unspecified atom stereocenters. The van der Waals surface area contributed by atoms with Gasteiger partial charge in [-0.05, 0) is 32.9 Å². The average Bonchev–Trinajstić information content (AvgIpc) is 2.86. The van der Waals surface area contributed by atoms with E-state index in [0.717, 1.165) is 0 Å². The molecule has 1 amide bonds. The van der Waals surface area contributed by atoms with Crippen molar-refractivity contribution >= 4 is 35.1 Å². The highest BCUT2D eigenvalue weighted by Gasteiger charge is 2.30. The van der Waals surface area contributed by atoms with Crippen LogP contribution in [-0.2, 0) is 4.79 Å². The molecule has 0 aliphatic heterocycles. The molecule has 0 aliphatic rings. The smallest absolute Gasteiger partial charge is 0.310 e.